The van der Waals surface area contributed by atoms with Gasteiger partial charge in [-0.1, -0.05) is 49.9 Å². The predicted molar refractivity (Wildman–Crippen MR) is 117 cm³/mol. The van der Waals surface area contributed by atoms with Crippen molar-refractivity contribution in [3.8, 4) is 0 Å². The average molecular weight is 443 g/mol. The van der Waals surface area contributed by atoms with Gasteiger partial charge in [-0.2, -0.15) is 0 Å². The summed E-state index contributed by atoms with van der Waals surface area (Å²) in [7, 11) is -3.68. The molecule has 0 aliphatic rings. The minimum Gasteiger partial charge on any atom is -0.299 e. The fraction of sp³-hybridized carbons (Fsp3) is 0.500. The van der Waals surface area contributed by atoms with Gasteiger partial charge in [0.25, 0.3) is 0 Å². The van der Waals surface area contributed by atoms with Gasteiger partial charge < -0.3 is 0 Å². The number of sulfonamides is 1. The molecule has 0 spiro atoms. The number of rotatable bonds is 8. The molecule has 2 rings (SSSR count). The molecule has 1 N–H and O–H groups in total. The number of nitrogens with zero attached hydrogens (tertiary/aromatic N) is 3. The maximum Gasteiger partial charge on any atom is 0.250 e. The number of benzene rings is 1. The van der Waals surface area contributed by atoms with E-state index in [1.807, 2.05) is 33.8 Å². The number of hydrogen-bond acceptors (Lipinski definition) is 7. The standard InChI is InChI=1S/C18H26N4O3S3/c1-7-15(16(23)19-17-20-21-18(27-17)26-11(2)3)22(28(6,24)25)14-9-12(4)8-13(5)10-14/h8-11,15H,7H2,1-6H3,(H,19,20,23)/t15-/m1/s1. The number of carbonyl (C=O) groups excluding carboxylic acids is 1. The van der Waals surface area contributed by atoms with Crippen molar-refractivity contribution in [1.82, 2.24) is 10.2 Å². The highest BCUT2D eigenvalue weighted by atomic mass is 32.2. The number of nitrogens with one attached hydrogen (secondary N) is 1. The summed E-state index contributed by atoms with van der Waals surface area (Å²) >= 11 is 2.84. The summed E-state index contributed by atoms with van der Waals surface area (Å²) in [5.74, 6) is -0.427. The van der Waals surface area contributed by atoms with Gasteiger partial charge in [0.1, 0.15) is 6.04 Å². The molecule has 28 heavy (non-hydrogen) atoms. The molecule has 10 heteroatoms. The summed E-state index contributed by atoms with van der Waals surface area (Å²) in [5, 5.41) is 11.5. The fourth-order valence-electron chi connectivity index (χ4n) is 2.84. The van der Waals surface area contributed by atoms with Crippen molar-refractivity contribution < 1.29 is 13.2 Å². The largest absolute Gasteiger partial charge is 0.299 e. The van der Waals surface area contributed by atoms with Gasteiger partial charge in [0, 0.05) is 5.25 Å². The Bertz CT molecular complexity index is 921. The van der Waals surface area contributed by atoms with E-state index >= 15 is 0 Å². The third kappa shape index (κ3) is 5.92. The number of hydrogen-bond donors (Lipinski definition) is 1. The molecule has 1 aromatic carbocycles. The summed E-state index contributed by atoms with van der Waals surface area (Å²) in [4.78, 5) is 12.9. The molecular weight excluding hydrogens is 416 g/mol. The predicted octanol–water partition coefficient (Wildman–Crippen LogP) is 3.84. The minimum atomic E-state index is -3.68. The minimum absolute atomic E-state index is 0.318. The molecule has 2 aromatic rings. The van der Waals surface area contributed by atoms with Crippen LogP contribution in [0.15, 0.2) is 22.5 Å². The van der Waals surface area contributed by atoms with E-state index in [9.17, 15) is 13.2 Å². The lowest BCUT2D eigenvalue weighted by Crippen LogP contribution is -2.47. The average Bonchev–Trinajstić information content (AvgIpc) is 2.95. The fourth-order valence-corrected chi connectivity index (χ4v) is 6.01. The van der Waals surface area contributed by atoms with Crippen LogP contribution in [0.3, 0.4) is 0 Å². The zero-order valence-corrected chi connectivity index (χ0v) is 19.3. The Balaban J connectivity index is 2.32. The Morgan fingerprint density at radius 2 is 1.82 bits per heavy atom. The lowest BCUT2D eigenvalue weighted by molar-refractivity contribution is -0.117. The van der Waals surface area contributed by atoms with Crippen molar-refractivity contribution >= 4 is 49.8 Å². The van der Waals surface area contributed by atoms with Crippen molar-refractivity contribution in [2.24, 2.45) is 0 Å². The maximum absolute atomic E-state index is 12.9. The zero-order chi connectivity index (χ0) is 21.1. The molecule has 0 bridgehead atoms. The first-order valence-electron chi connectivity index (χ1n) is 8.90. The number of amides is 1. The van der Waals surface area contributed by atoms with Crippen molar-refractivity contribution in [3.05, 3.63) is 29.3 Å². The van der Waals surface area contributed by atoms with Gasteiger partial charge in [0.2, 0.25) is 21.1 Å². The van der Waals surface area contributed by atoms with Crippen molar-refractivity contribution in [3.63, 3.8) is 0 Å². The first kappa shape index (κ1) is 22.6. The highest BCUT2D eigenvalue weighted by Gasteiger charge is 2.32. The van der Waals surface area contributed by atoms with Crippen LogP contribution in [-0.4, -0.2) is 42.1 Å². The number of aromatic nitrogens is 2. The molecule has 1 aromatic heterocycles. The van der Waals surface area contributed by atoms with E-state index in [1.165, 1.54) is 15.6 Å². The van der Waals surface area contributed by atoms with E-state index < -0.39 is 22.0 Å². The molecule has 1 amide bonds. The lowest BCUT2D eigenvalue weighted by Gasteiger charge is -2.30. The molecule has 0 radical (unpaired) electrons. The number of thioether (sulfide) groups is 1. The lowest BCUT2D eigenvalue weighted by atomic mass is 10.1. The monoisotopic (exact) mass is 442 g/mol. The first-order chi connectivity index (χ1) is 13.0. The van der Waals surface area contributed by atoms with Crippen LogP contribution in [-0.2, 0) is 14.8 Å². The van der Waals surface area contributed by atoms with E-state index in [2.05, 4.69) is 15.5 Å². The van der Waals surface area contributed by atoms with Crippen LogP contribution in [0.4, 0.5) is 10.8 Å². The van der Waals surface area contributed by atoms with E-state index in [-0.39, 0.29) is 0 Å². The van der Waals surface area contributed by atoms with Crippen LogP contribution in [0.5, 0.6) is 0 Å². The molecule has 0 saturated carbocycles. The van der Waals surface area contributed by atoms with E-state index in [0.717, 1.165) is 21.7 Å². The van der Waals surface area contributed by atoms with Crippen molar-refractivity contribution in [2.45, 2.75) is 56.7 Å². The Hall–Kier alpha value is -1.65. The van der Waals surface area contributed by atoms with Crippen LogP contribution < -0.4 is 9.62 Å². The van der Waals surface area contributed by atoms with Crippen LogP contribution >= 0.6 is 23.1 Å². The summed E-state index contributed by atoms with van der Waals surface area (Å²) in [6.07, 6.45) is 1.43. The second kappa shape index (κ2) is 9.23. The third-order valence-electron chi connectivity index (χ3n) is 3.76. The van der Waals surface area contributed by atoms with E-state index in [4.69, 9.17) is 0 Å². The highest BCUT2D eigenvalue weighted by Crippen LogP contribution is 2.30. The summed E-state index contributed by atoms with van der Waals surface area (Å²) in [5.41, 5.74) is 2.34. The van der Waals surface area contributed by atoms with Gasteiger partial charge in [-0.3, -0.25) is 14.4 Å². The number of anilines is 2. The molecule has 1 heterocycles. The molecule has 0 unspecified atom stereocenters. The molecule has 7 nitrogen and oxygen atoms in total. The Kier molecular flexibility index (Phi) is 7.46. The summed E-state index contributed by atoms with van der Waals surface area (Å²) < 4.78 is 27.1. The van der Waals surface area contributed by atoms with E-state index in [0.29, 0.717) is 22.5 Å². The third-order valence-corrected chi connectivity index (χ3v) is 6.87. The van der Waals surface area contributed by atoms with Crippen molar-refractivity contribution in [1.29, 1.82) is 0 Å². The van der Waals surface area contributed by atoms with Crippen LogP contribution in [0.1, 0.15) is 38.3 Å². The van der Waals surface area contributed by atoms with Crippen LogP contribution in [0, 0.1) is 13.8 Å². The van der Waals surface area contributed by atoms with Gasteiger partial charge in [-0.05, 0) is 43.5 Å². The molecule has 1 atom stereocenters. The Morgan fingerprint density at radius 3 is 2.32 bits per heavy atom. The quantitative estimate of drug-likeness (QED) is 0.493. The smallest absolute Gasteiger partial charge is 0.250 e. The molecule has 0 aliphatic heterocycles. The van der Waals surface area contributed by atoms with E-state index in [1.54, 1.807) is 30.8 Å². The molecule has 0 fully saturated rings. The highest BCUT2D eigenvalue weighted by molar-refractivity contribution is 8.01. The topological polar surface area (TPSA) is 92.3 Å². The van der Waals surface area contributed by atoms with Crippen LogP contribution in [0.25, 0.3) is 0 Å². The second-order valence-corrected chi connectivity index (χ2v) is 11.5. The van der Waals surface area contributed by atoms with Gasteiger partial charge in [-0.15, -0.1) is 10.2 Å². The van der Waals surface area contributed by atoms with Crippen molar-refractivity contribution in [2.75, 3.05) is 15.9 Å². The van der Waals surface area contributed by atoms with Gasteiger partial charge >= 0.3 is 0 Å². The normalized spacial score (nSPS) is 12.8. The maximum atomic E-state index is 12.9. The first-order valence-corrected chi connectivity index (χ1v) is 12.4. The van der Waals surface area contributed by atoms with Gasteiger partial charge in [0.05, 0.1) is 11.9 Å². The SMILES string of the molecule is CC[C@H](C(=O)Nc1nnc(SC(C)C)s1)N(c1cc(C)cc(C)c1)S(C)(=O)=O. The number of carbonyl (C=O) groups is 1. The Morgan fingerprint density at radius 1 is 1.21 bits per heavy atom. The number of aryl methyl sites for hydroxylation is 2. The second-order valence-electron chi connectivity index (χ2n) is 6.86. The van der Waals surface area contributed by atoms with Gasteiger partial charge in [0.15, 0.2) is 4.34 Å². The van der Waals surface area contributed by atoms with Gasteiger partial charge in [-0.25, -0.2) is 8.42 Å². The molecule has 154 valence electrons. The zero-order valence-electron chi connectivity index (χ0n) is 16.9. The summed E-state index contributed by atoms with van der Waals surface area (Å²) in [6.45, 7) is 9.67. The molecular formula is C18H26N4O3S3. The summed E-state index contributed by atoms with van der Waals surface area (Å²) in [6, 6.07) is 4.61. The molecule has 0 aliphatic carbocycles. The Labute approximate surface area is 175 Å². The van der Waals surface area contributed by atoms with Crippen LogP contribution in [0.2, 0.25) is 0 Å². The molecule has 0 saturated heterocycles.